The summed E-state index contributed by atoms with van der Waals surface area (Å²) in [5, 5.41) is 20.4. The Bertz CT molecular complexity index is 519. The van der Waals surface area contributed by atoms with Crippen LogP contribution in [0, 0.1) is 0 Å². The number of aliphatic hydroxyl groups is 1. The van der Waals surface area contributed by atoms with E-state index in [0.717, 1.165) is 31.7 Å². The fourth-order valence-electron chi connectivity index (χ4n) is 2.50. The Morgan fingerprint density at radius 2 is 1.62 bits per heavy atom. The minimum absolute atomic E-state index is 0.252. The van der Waals surface area contributed by atoms with Gasteiger partial charge in [-0.15, -0.1) is 0 Å². The van der Waals surface area contributed by atoms with E-state index in [1.54, 1.807) is 39.8 Å². The highest BCUT2D eigenvalue weighted by Gasteiger charge is 2.39. The van der Waals surface area contributed by atoms with Gasteiger partial charge < -0.3 is 24.4 Å². The fourth-order valence-corrected chi connectivity index (χ4v) is 2.50. The third-order valence-electron chi connectivity index (χ3n) is 5.01. The molecule has 0 saturated carbocycles. The van der Waals surface area contributed by atoms with Crippen molar-refractivity contribution in [3.8, 4) is 5.75 Å². The minimum Gasteiger partial charge on any atom is -0.490 e. The molecule has 1 aliphatic heterocycles. The Morgan fingerprint density at radius 3 is 2.12 bits per heavy atom. The van der Waals surface area contributed by atoms with Crippen molar-refractivity contribution in [1.82, 2.24) is 4.90 Å². The first-order chi connectivity index (χ1) is 11.1. The van der Waals surface area contributed by atoms with Gasteiger partial charge in [0, 0.05) is 13.1 Å². The summed E-state index contributed by atoms with van der Waals surface area (Å²) in [6.45, 7) is 8.96. The molecule has 0 aliphatic carbocycles. The number of likely N-dealkylation sites (tertiary alicyclic amines) is 1. The van der Waals surface area contributed by atoms with Crippen LogP contribution in [-0.2, 0) is 4.65 Å². The lowest BCUT2D eigenvalue weighted by atomic mass is 9.76. The predicted molar refractivity (Wildman–Crippen MR) is 96.7 cm³/mol. The van der Waals surface area contributed by atoms with Crippen molar-refractivity contribution in [2.45, 2.75) is 57.8 Å². The molecule has 2 N–H and O–H groups in total. The van der Waals surface area contributed by atoms with Crippen molar-refractivity contribution < 1.29 is 19.5 Å². The molecule has 0 unspecified atom stereocenters. The summed E-state index contributed by atoms with van der Waals surface area (Å²) in [5.41, 5.74) is -1.30. The van der Waals surface area contributed by atoms with Crippen LogP contribution >= 0.6 is 0 Å². The second-order valence-corrected chi connectivity index (χ2v) is 7.73. The molecule has 0 spiro atoms. The minimum atomic E-state index is -1.09. The van der Waals surface area contributed by atoms with Crippen molar-refractivity contribution in [3.63, 3.8) is 0 Å². The van der Waals surface area contributed by atoms with Crippen LogP contribution in [0.25, 0.3) is 0 Å². The van der Waals surface area contributed by atoms with E-state index < -0.39 is 18.3 Å². The van der Waals surface area contributed by atoms with E-state index in [1.165, 1.54) is 0 Å². The molecule has 0 radical (unpaired) electrons. The first-order valence-electron chi connectivity index (χ1n) is 8.62. The van der Waals surface area contributed by atoms with Crippen LogP contribution in [0.4, 0.5) is 0 Å². The van der Waals surface area contributed by atoms with Crippen LogP contribution < -0.4 is 10.2 Å². The van der Waals surface area contributed by atoms with Crippen molar-refractivity contribution in [2.75, 3.05) is 20.1 Å². The largest absolute Gasteiger partial charge is 0.491 e. The van der Waals surface area contributed by atoms with E-state index in [9.17, 15) is 10.1 Å². The molecule has 1 heterocycles. The molecule has 0 amide bonds. The summed E-state index contributed by atoms with van der Waals surface area (Å²) in [7, 11) is 1.03. The molecule has 0 atom stereocenters. The van der Waals surface area contributed by atoms with Gasteiger partial charge in [-0.3, -0.25) is 0 Å². The summed E-state index contributed by atoms with van der Waals surface area (Å²) < 4.78 is 11.7. The first kappa shape index (κ1) is 19.3. The quantitative estimate of drug-likeness (QED) is 0.770. The average molecular weight is 335 g/mol. The Hall–Kier alpha value is -1.08. The second kappa shape index (κ2) is 7.44. The topological polar surface area (TPSA) is 62.2 Å². The standard InChI is InChI=1S/C18H30BNO4/c1-17(2,21)18(3,4)24-19(22)14-6-8-15(9-7-14)23-16-10-12-20(5)13-11-16/h6-9,16,21-22H,10-13H2,1-5H3. The zero-order chi connectivity index (χ0) is 18.0. The highest BCUT2D eigenvalue weighted by atomic mass is 16.5. The Labute approximate surface area is 145 Å². The zero-order valence-corrected chi connectivity index (χ0v) is 15.5. The first-order valence-corrected chi connectivity index (χ1v) is 8.62. The number of ether oxygens (including phenoxy) is 1. The lowest BCUT2D eigenvalue weighted by Crippen LogP contribution is -2.53. The number of rotatable bonds is 6. The lowest BCUT2D eigenvalue weighted by molar-refractivity contribution is -0.0982. The van der Waals surface area contributed by atoms with Gasteiger partial charge in [0.2, 0.25) is 0 Å². The van der Waals surface area contributed by atoms with Crippen LogP contribution in [0.2, 0.25) is 0 Å². The van der Waals surface area contributed by atoms with Crippen molar-refractivity contribution >= 4 is 12.6 Å². The number of benzene rings is 1. The van der Waals surface area contributed by atoms with Crippen molar-refractivity contribution in [2.24, 2.45) is 0 Å². The summed E-state index contributed by atoms with van der Waals surface area (Å²) >= 11 is 0. The number of nitrogens with zero attached hydrogens (tertiary/aromatic N) is 1. The molecule has 24 heavy (non-hydrogen) atoms. The smallest absolute Gasteiger partial charge is 0.490 e. The maximum absolute atomic E-state index is 10.3. The van der Waals surface area contributed by atoms with Gasteiger partial charge in [-0.2, -0.15) is 0 Å². The number of hydrogen-bond acceptors (Lipinski definition) is 5. The molecular weight excluding hydrogens is 305 g/mol. The van der Waals surface area contributed by atoms with Crippen molar-refractivity contribution in [1.29, 1.82) is 0 Å². The maximum atomic E-state index is 10.3. The zero-order valence-electron chi connectivity index (χ0n) is 15.5. The molecule has 6 heteroatoms. The summed E-state index contributed by atoms with van der Waals surface area (Å²) in [6, 6.07) is 7.32. The molecule has 1 aromatic carbocycles. The van der Waals surface area contributed by atoms with Crippen LogP contribution in [0.1, 0.15) is 40.5 Å². The highest BCUT2D eigenvalue weighted by Crippen LogP contribution is 2.25. The predicted octanol–water partition coefficient (Wildman–Crippen LogP) is 1.41. The normalized spacial score (nSPS) is 17.8. The second-order valence-electron chi connectivity index (χ2n) is 7.73. The SMILES string of the molecule is CN1CCC(Oc2ccc(B(O)OC(C)(C)C(C)(C)O)cc2)CC1. The van der Waals surface area contributed by atoms with Crippen LogP contribution in [-0.4, -0.2) is 59.6 Å². The van der Waals surface area contributed by atoms with Gasteiger partial charge in [-0.05, 0) is 65.2 Å². The molecular formula is C18H30BNO4. The van der Waals surface area contributed by atoms with Crippen LogP contribution in [0.15, 0.2) is 24.3 Å². The number of piperidine rings is 1. The Kier molecular flexibility index (Phi) is 5.97. The van der Waals surface area contributed by atoms with E-state index in [4.69, 9.17) is 9.39 Å². The molecule has 1 saturated heterocycles. The van der Waals surface area contributed by atoms with Gasteiger partial charge in [-0.25, -0.2) is 0 Å². The van der Waals surface area contributed by atoms with Crippen LogP contribution in [0.3, 0.4) is 0 Å². The average Bonchev–Trinajstić information content (AvgIpc) is 2.49. The number of hydrogen-bond donors (Lipinski definition) is 2. The van der Waals surface area contributed by atoms with Gasteiger partial charge in [-0.1, -0.05) is 12.1 Å². The molecule has 1 aromatic rings. The molecule has 1 fully saturated rings. The summed E-state index contributed by atoms with van der Waals surface area (Å²) in [4.78, 5) is 2.31. The molecule has 2 rings (SSSR count). The Balaban J connectivity index is 1.94. The van der Waals surface area contributed by atoms with E-state index in [2.05, 4.69) is 11.9 Å². The molecule has 134 valence electrons. The van der Waals surface area contributed by atoms with Gasteiger partial charge in [0.15, 0.2) is 0 Å². The van der Waals surface area contributed by atoms with Gasteiger partial charge in [0.05, 0.1) is 11.2 Å². The monoisotopic (exact) mass is 335 g/mol. The Morgan fingerprint density at radius 1 is 1.08 bits per heavy atom. The van der Waals surface area contributed by atoms with Crippen LogP contribution in [0.5, 0.6) is 5.75 Å². The summed E-state index contributed by atoms with van der Waals surface area (Å²) in [5.74, 6) is 0.808. The fraction of sp³-hybridized carbons (Fsp3) is 0.667. The van der Waals surface area contributed by atoms with E-state index in [0.29, 0.717) is 5.46 Å². The third kappa shape index (κ3) is 4.96. The third-order valence-corrected chi connectivity index (χ3v) is 5.01. The summed E-state index contributed by atoms with van der Waals surface area (Å²) in [6.07, 6.45) is 2.32. The molecule has 0 aromatic heterocycles. The van der Waals surface area contributed by atoms with Gasteiger partial charge in [0.25, 0.3) is 0 Å². The van der Waals surface area contributed by atoms with E-state index >= 15 is 0 Å². The van der Waals surface area contributed by atoms with E-state index in [-0.39, 0.29) is 6.10 Å². The van der Waals surface area contributed by atoms with Gasteiger partial charge >= 0.3 is 7.12 Å². The molecule has 0 bridgehead atoms. The molecule has 1 aliphatic rings. The maximum Gasteiger partial charge on any atom is 0.491 e. The highest BCUT2D eigenvalue weighted by molar-refractivity contribution is 6.60. The lowest BCUT2D eigenvalue weighted by Gasteiger charge is -2.38. The van der Waals surface area contributed by atoms with Gasteiger partial charge in [0.1, 0.15) is 11.9 Å². The van der Waals surface area contributed by atoms with Crippen molar-refractivity contribution in [3.05, 3.63) is 24.3 Å². The van der Waals surface area contributed by atoms with E-state index in [1.807, 2.05) is 12.1 Å². The molecule has 5 nitrogen and oxygen atoms in total.